The van der Waals surface area contributed by atoms with E-state index in [4.69, 9.17) is 12.2 Å². The number of carbonyl (C=O) groups is 3. The Labute approximate surface area is 189 Å². The summed E-state index contributed by atoms with van der Waals surface area (Å²) in [6, 6.07) is -0.149. The highest BCUT2D eigenvalue weighted by Gasteiger charge is 2.65. The van der Waals surface area contributed by atoms with Crippen molar-refractivity contribution in [3.63, 3.8) is 0 Å². The van der Waals surface area contributed by atoms with Gasteiger partial charge in [0.25, 0.3) is 0 Å². The molecular weight excluding hydrogens is 436 g/mol. The van der Waals surface area contributed by atoms with Crippen LogP contribution in [0.2, 0.25) is 0 Å². The van der Waals surface area contributed by atoms with Gasteiger partial charge in [-0.2, -0.15) is 4.79 Å². The molecule has 0 bridgehead atoms. The molecule has 11 nitrogen and oxygen atoms in total. The molecule has 172 valence electrons. The summed E-state index contributed by atoms with van der Waals surface area (Å²) in [5.74, 6) is -6.03. The lowest BCUT2D eigenvalue weighted by Crippen LogP contribution is -2.62. The molecule has 0 heterocycles. The summed E-state index contributed by atoms with van der Waals surface area (Å²) in [4.78, 5) is 40.3. The van der Waals surface area contributed by atoms with Gasteiger partial charge in [-0.1, -0.05) is 12.1 Å². The highest BCUT2D eigenvalue weighted by molar-refractivity contribution is 6.26. The third kappa shape index (κ3) is 3.01. The van der Waals surface area contributed by atoms with Gasteiger partial charge in [0.2, 0.25) is 0 Å². The van der Waals surface area contributed by atoms with Crippen molar-refractivity contribution < 1.29 is 51.8 Å². The van der Waals surface area contributed by atoms with E-state index < -0.39 is 88.0 Å². The highest BCUT2D eigenvalue weighted by atomic mass is 16.6. The summed E-state index contributed by atoms with van der Waals surface area (Å²) >= 11 is 0. The minimum absolute atomic E-state index is 0.308. The smallest absolute Gasteiger partial charge is 0.314 e. The fraction of sp³-hybridized carbons (Fsp3) is 0.364. The van der Waals surface area contributed by atoms with Gasteiger partial charge in [-0.15, -0.1) is 0 Å². The number of hydrogen-bond acceptors (Lipinski definition) is 9. The van der Waals surface area contributed by atoms with Gasteiger partial charge in [0.1, 0.15) is 23.2 Å². The van der Waals surface area contributed by atoms with E-state index in [1.807, 2.05) is 0 Å². The number of phenols is 1. The lowest BCUT2D eigenvalue weighted by Gasteiger charge is -2.44. The number of fused-ring (bicyclic) bond motifs is 3. The Morgan fingerprint density at radius 3 is 2.36 bits per heavy atom. The van der Waals surface area contributed by atoms with Crippen molar-refractivity contribution >= 4 is 29.2 Å². The third-order valence-corrected chi connectivity index (χ3v) is 5.97. The minimum atomic E-state index is -2.29. The van der Waals surface area contributed by atoms with Crippen LogP contribution in [0.25, 0.3) is 11.3 Å². The number of hydrogen-bond donors (Lipinski definition) is 4. The quantitative estimate of drug-likeness (QED) is 0.277. The van der Waals surface area contributed by atoms with Crippen LogP contribution in [0.5, 0.6) is 5.75 Å². The van der Waals surface area contributed by atoms with Gasteiger partial charge >= 0.3 is 17.7 Å². The average molecular weight is 458 g/mol. The molecule has 4 N–H and O–H groups in total. The van der Waals surface area contributed by atoms with Crippen LogP contribution in [-0.4, -0.2) is 72.6 Å². The highest BCUT2D eigenvalue weighted by Crippen LogP contribution is 2.52. The van der Waals surface area contributed by atoms with Gasteiger partial charge in [-0.3, -0.25) is 14.4 Å². The van der Waals surface area contributed by atoms with Crippen molar-refractivity contribution in [1.29, 1.82) is 0 Å². The SMILES string of the molecule is [2H]c1cc([2H])c2c(c1O)C(=O)C1C(=[N+]=[N-])C3=C(C1=C2O)[C@H](O)[C@@H](OC(C)=O)[C@](C)(O)[C@@H]3OC(C)=O. The molecule has 0 saturated carbocycles. The number of ether oxygens (including phenoxy) is 2. The molecule has 3 aliphatic rings. The fourth-order valence-corrected chi connectivity index (χ4v) is 4.72. The normalized spacial score (nSPS) is 31.2. The largest absolute Gasteiger partial charge is 0.507 e. The van der Waals surface area contributed by atoms with Crippen molar-refractivity contribution in [2.75, 3.05) is 0 Å². The molecule has 0 aromatic heterocycles. The second kappa shape index (κ2) is 7.38. The summed E-state index contributed by atoms with van der Waals surface area (Å²) in [5.41, 5.74) is 5.10. The van der Waals surface area contributed by atoms with Crippen LogP contribution < -0.4 is 0 Å². The third-order valence-electron chi connectivity index (χ3n) is 5.97. The van der Waals surface area contributed by atoms with Crippen molar-refractivity contribution in [1.82, 2.24) is 0 Å². The number of ketones is 1. The van der Waals surface area contributed by atoms with Gasteiger partial charge in [-0.25, -0.2) is 0 Å². The summed E-state index contributed by atoms with van der Waals surface area (Å²) in [6.07, 6.45) is -5.38. The Bertz CT molecular complexity index is 1340. The number of Topliss-reactive ketones (excluding diaryl/α,β-unsaturated/α-hetero) is 1. The first-order chi connectivity index (χ1) is 16.2. The molecule has 5 atom stereocenters. The van der Waals surface area contributed by atoms with Crippen LogP contribution in [0.3, 0.4) is 0 Å². The van der Waals surface area contributed by atoms with Crippen LogP contribution in [-0.2, 0) is 19.1 Å². The van der Waals surface area contributed by atoms with Crippen molar-refractivity contribution in [3.05, 3.63) is 51.5 Å². The summed E-state index contributed by atoms with van der Waals surface area (Å²) in [6.45, 7) is 3.12. The number of aromatic hydroxyl groups is 1. The monoisotopic (exact) mass is 458 g/mol. The van der Waals surface area contributed by atoms with Crippen LogP contribution in [0, 0.1) is 5.92 Å². The maximum atomic E-state index is 13.5. The second-order valence-corrected chi connectivity index (χ2v) is 8.09. The molecule has 0 saturated heterocycles. The van der Waals surface area contributed by atoms with Gasteiger partial charge in [0.15, 0.2) is 23.9 Å². The minimum Gasteiger partial charge on any atom is -0.507 e. The number of phenolic OH excluding ortho intramolecular Hbond substituents is 1. The van der Waals surface area contributed by atoms with Crippen molar-refractivity contribution in [2.24, 2.45) is 5.92 Å². The van der Waals surface area contributed by atoms with E-state index >= 15 is 0 Å². The molecule has 0 aliphatic heterocycles. The first kappa shape index (κ1) is 19.9. The molecule has 11 heteroatoms. The van der Waals surface area contributed by atoms with Crippen LogP contribution in [0.4, 0.5) is 0 Å². The van der Waals surface area contributed by atoms with E-state index in [2.05, 4.69) is 4.79 Å². The van der Waals surface area contributed by atoms with Crippen LogP contribution >= 0.6 is 0 Å². The first-order valence-electron chi connectivity index (χ1n) is 10.8. The Kier molecular flexibility index (Phi) is 4.44. The zero-order valence-corrected chi connectivity index (χ0v) is 17.6. The lowest BCUT2D eigenvalue weighted by molar-refractivity contribution is -0.200. The standard InChI is InChI=1S/C22H20N2O9/c1-7(25)32-20-15-13(19(30)21(22(20,3)31)33-8(2)26)12-14(16(15)24-23)18(29)11-9(17(12)28)5-4-6-10(11)27/h4-6,14,19-21,27-28,30-31H,1-3H3/t14?,19-,20+,21+,22+/m0/s1/i5D,6D. The molecular formula is C22H20N2O9. The lowest BCUT2D eigenvalue weighted by atomic mass is 9.74. The second-order valence-electron chi connectivity index (χ2n) is 8.09. The van der Waals surface area contributed by atoms with E-state index in [9.17, 15) is 40.3 Å². The molecule has 0 radical (unpaired) electrons. The summed E-state index contributed by atoms with van der Waals surface area (Å²) < 4.78 is 26.3. The van der Waals surface area contributed by atoms with E-state index in [1.54, 1.807) is 0 Å². The number of aliphatic hydroxyl groups excluding tert-OH is 2. The van der Waals surface area contributed by atoms with Gasteiger partial charge in [-0.05, 0) is 13.0 Å². The predicted octanol–water partition coefficient (Wildman–Crippen LogP) is 0.444. The van der Waals surface area contributed by atoms with E-state index in [0.717, 1.165) is 26.8 Å². The van der Waals surface area contributed by atoms with E-state index in [-0.39, 0.29) is 16.7 Å². The topological polar surface area (TPSA) is 187 Å². The van der Waals surface area contributed by atoms with Gasteiger partial charge in [0.05, 0.1) is 13.9 Å². The van der Waals surface area contributed by atoms with Crippen molar-refractivity contribution in [3.8, 4) is 5.75 Å². The summed E-state index contributed by atoms with van der Waals surface area (Å²) in [5, 5.41) is 44.0. The first-order valence-corrected chi connectivity index (χ1v) is 9.78. The zero-order valence-electron chi connectivity index (χ0n) is 19.6. The average Bonchev–Trinajstić information content (AvgIpc) is 3.10. The predicted molar refractivity (Wildman–Crippen MR) is 109 cm³/mol. The maximum Gasteiger partial charge on any atom is 0.314 e. The van der Waals surface area contributed by atoms with E-state index in [0.29, 0.717) is 0 Å². The van der Waals surface area contributed by atoms with Gasteiger partial charge in [0, 0.05) is 30.6 Å². The number of rotatable bonds is 2. The van der Waals surface area contributed by atoms with Gasteiger partial charge < -0.3 is 35.4 Å². The number of benzene rings is 1. The Balaban J connectivity index is 2.11. The van der Waals surface area contributed by atoms with E-state index in [1.165, 1.54) is 0 Å². The molecule has 0 fully saturated rings. The molecule has 33 heavy (non-hydrogen) atoms. The Morgan fingerprint density at radius 2 is 1.79 bits per heavy atom. The molecule has 0 spiro atoms. The van der Waals surface area contributed by atoms with Crippen LogP contribution in [0.15, 0.2) is 34.9 Å². The molecule has 1 aromatic carbocycles. The molecule has 0 amide bonds. The molecule has 4 rings (SSSR count). The Hall–Kier alpha value is -3.79. The number of esters is 2. The number of aliphatic hydroxyl groups is 3. The molecule has 1 unspecified atom stereocenters. The maximum absolute atomic E-state index is 13.5. The molecule has 3 aliphatic carbocycles. The summed E-state index contributed by atoms with van der Waals surface area (Å²) in [7, 11) is 0. The number of nitrogens with zero attached hydrogens (tertiary/aromatic N) is 2. The van der Waals surface area contributed by atoms with Crippen LogP contribution in [0.1, 0.15) is 39.4 Å². The zero-order chi connectivity index (χ0) is 26.1. The molecule has 1 aromatic rings. The number of carbonyl (C=O) groups excluding carboxylic acids is 3. The van der Waals surface area contributed by atoms with Crippen molar-refractivity contribution in [2.45, 2.75) is 44.7 Å². The fourth-order valence-electron chi connectivity index (χ4n) is 4.72. The Morgan fingerprint density at radius 1 is 1.15 bits per heavy atom.